The molecular formula is C8H5ClN2O. The molecule has 0 saturated heterocycles. The van der Waals surface area contributed by atoms with Crippen LogP contribution >= 0.6 is 11.6 Å². The van der Waals surface area contributed by atoms with Crippen molar-refractivity contribution in [3.8, 4) is 6.19 Å². The summed E-state index contributed by atoms with van der Waals surface area (Å²) in [6.07, 6.45) is 1.66. The highest BCUT2D eigenvalue weighted by Crippen LogP contribution is 2.04. The average molecular weight is 181 g/mol. The third kappa shape index (κ3) is 1.74. The van der Waals surface area contributed by atoms with Crippen molar-refractivity contribution in [2.24, 2.45) is 0 Å². The van der Waals surface area contributed by atoms with Crippen LogP contribution < -0.4 is 10.7 Å². The second-order valence-electron chi connectivity index (χ2n) is 2.05. The number of anilines is 1. The molecule has 3 nitrogen and oxygen atoms in total. The lowest BCUT2D eigenvalue weighted by molar-refractivity contribution is 1.46. The monoisotopic (exact) mass is 180 g/mol. The van der Waals surface area contributed by atoms with Crippen molar-refractivity contribution >= 4 is 17.3 Å². The third-order valence-corrected chi connectivity index (χ3v) is 1.57. The van der Waals surface area contributed by atoms with E-state index >= 15 is 0 Å². The Bertz CT molecular complexity index is 384. The fourth-order valence-electron chi connectivity index (χ4n) is 0.731. The van der Waals surface area contributed by atoms with Crippen LogP contribution in [-0.4, -0.2) is 0 Å². The fraction of sp³-hybridized carbons (Fsp3) is 0. The molecular weight excluding hydrogens is 176 g/mol. The fourth-order valence-corrected chi connectivity index (χ4v) is 0.905. The predicted octanol–water partition coefficient (Wildman–Crippen LogP) is 1.59. The van der Waals surface area contributed by atoms with E-state index in [0.717, 1.165) is 0 Å². The molecule has 0 bridgehead atoms. The molecule has 0 saturated carbocycles. The van der Waals surface area contributed by atoms with E-state index < -0.39 is 0 Å². The molecule has 0 aliphatic heterocycles. The number of hydrogen-bond acceptors (Lipinski definition) is 3. The minimum Gasteiger partial charge on any atom is -0.289 e. The number of hydrogen-bond donors (Lipinski definition) is 1. The quantitative estimate of drug-likeness (QED) is 0.528. The molecule has 1 aromatic carbocycles. The summed E-state index contributed by atoms with van der Waals surface area (Å²) in [7, 11) is 0. The van der Waals surface area contributed by atoms with Crippen LogP contribution in [0, 0.1) is 11.5 Å². The van der Waals surface area contributed by atoms with E-state index in [4.69, 9.17) is 16.9 Å². The normalized spacial score (nSPS) is 8.67. The van der Waals surface area contributed by atoms with E-state index in [9.17, 15) is 4.79 Å². The van der Waals surface area contributed by atoms with Crippen LogP contribution in [0.25, 0.3) is 0 Å². The van der Waals surface area contributed by atoms with Crippen LogP contribution in [0.5, 0.6) is 0 Å². The van der Waals surface area contributed by atoms with Crippen molar-refractivity contribution in [2.75, 3.05) is 5.32 Å². The molecule has 0 aliphatic carbocycles. The Kier molecular flexibility index (Phi) is 2.67. The van der Waals surface area contributed by atoms with Gasteiger partial charge >= 0.3 is 0 Å². The van der Waals surface area contributed by atoms with Crippen LogP contribution in [-0.2, 0) is 0 Å². The van der Waals surface area contributed by atoms with Gasteiger partial charge in [-0.2, -0.15) is 5.26 Å². The number of nitriles is 1. The summed E-state index contributed by atoms with van der Waals surface area (Å²) in [6.45, 7) is 0. The van der Waals surface area contributed by atoms with Gasteiger partial charge in [-0.25, -0.2) is 0 Å². The first-order chi connectivity index (χ1) is 5.75. The Morgan fingerprint density at radius 2 is 2.08 bits per heavy atom. The summed E-state index contributed by atoms with van der Waals surface area (Å²) in [5.74, 6) is 0. The van der Waals surface area contributed by atoms with E-state index in [1.165, 1.54) is 12.1 Å². The highest BCUT2D eigenvalue weighted by Gasteiger charge is 1.98. The van der Waals surface area contributed by atoms with E-state index in [0.29, 0.717) is 0 Å². The molecule has 1 aromatic rings. The zero-order chi connectivity index (χ0) is 8.97. The topological polar surface area (TPSA) is 52.9 Å². The highest BCUT2D eigenvalue weighted by molar-refractivity contribution is 6.30. The first-order valence-corrected chi connectivity index (χ1v) is 3.57. The van der Waals surface area contributed by atoms with Crippen LogP contribution in [0.4, 0.5) is 5.69 Å². The maximum Gasteiger partial charge on any atom is 0.221 e. The lowest BCUT2D eigenvalue weighted by Gasteiger charge is -1.88. The third-order valence-electron chi connectivity index (χ3n) is 1.27. The summed E-state index contributed by atoms with van der Waals surface area (Å²) >= 11 is 5.57. The summed E-state index contributed by atoms with van der Waals surface area (Å²) < 4.78 is 0. The predicted molar refractivity (Wildman–Crippen MR) is 47.0 cm³/mol. The molecule has 4 heteroatoms. The molecule has 0 spiro atoms. The minimum absolute atomic E-state index is 0.0951. The number of halogens is 1. The van der Waals surface area contributed by atoms with Gasteiger partial charge in [-0.05, 0) is 12.1 Å². The maximum absolute atomic E-state index is 11.2. The van der Waals surface area contributed by atoms with Crippen molar-refractivity contribution in [1.29, 1.82) is 5.26 Å². The summed E-state index contributed by atoms with van der Waals surface area (Å²) in [5.41, 5.74) is -0.185. The van der Waals surface area contributed by atoms with E-state index in [2.05, 4.69) is 5.32 Å². The molecule has 1 N–H and O–H groups in total. The molecule has 0 heterocycles. The largest absolute Gasteiger partial charge is 0.289 e. The lowest BCUT2D eigenvalue weighted by Crippen LogP contribution is -2.04. The second-order valence-corrected chi connectivity index (χ2v) is 2.45. The number of nitrogens with one attached hydrogen (secondary N) is 1. The van der Waals surface area contributed by atoms with Gasteiger partial charge in [-0.15, -0.1) is 0 Å². The van der Waals surface area contributed by atoms with E-state index in [1.54, 1.807) is 18.3 Å². The molecule has 0 aliphatic rings. The smallest absolute Gasteiger partial charge is 0.221 e. The van der Waals surface area contributed by atoms with Gasteiger partial charge in [0.1, 0.15) is 0 Å². The molecule has 0 unspecified atom stereocenters. The van der Waals surface area contributed by atoms with Gasteiger partial charge < -0.3 is 0 Å². The van der Waals surface area contributed by atoms with E-state index in [-0.39, 0.29) is 16.1 Å². The van der Waals surface area contributed by atoms with Crippen LogP contribution in [0.15, 0.2) is 29.1 Å². The van der Waals surface area contributed by atoms with Crippen molar-refractivity contribution in [3.05, 3.63) is 39.5 Å². The molecule has 12 heavy (non-hydrogen) atoms. The standard InChI is InChI=1S/C8H5ClN2O/c9-6-3-1-2-4-7(8(6)12)11-5-10/h1-4H,(H,11,12). The molecule has 0 atom stereocenters. The van der Waals surface area contributed by atoms with E-state index in [1.807, 2.05) is 0 Å². The Balaban J connectivity index is 3.34. The molecule has 0 aromatic heterocycles. The van der Waals surface area contributed by atoms with Gasteiger partial charge in [0.15, 0.2) is 6.19 Å². The lowest BCUT2D eigenvalue weighted by atomic mass is 10.4. The summed E-state index contributed by atoms with van der Waals surface area (Å²) in [4.78, 5) is 11.2. The summed E-state index contributed by atoms with van der Waals surface area (Å²) in [5, 5.41) is 10.6. The van der Waals surface area contributed by atoms with Gasteiger partial charge in [0.05, 0.1) is 10.7 Å². The van der Waals surface area contributed by atoms with Gasteiger partial charge in [-0.1, -0.05) is 23.7 Å². The van der Waals surface area contributed by atoms with Crippen molar-refractivity contribution in [3.63, 3.8) is 0 Å². The average Bonchev–Trinajstić information content (AvgIpc) is 2.20. The molecule has 1 rings (SSSR count). The highest BCUT2D eigenvalue weighted by atomic mass is 35.5. The van der Waals surface area contributed by atoms with Crippen molar-refractivity contribution in [2.45, 2.75) is 0 Å². The zero-order valence-electron chi connectivity index (χ0n) is 6.04. The zero-order valence-corrected chi connectivity index (χ0v) is 6.80. The van der Waals surface area contributed by atoms with Crippen molar-refractivity contribution in [1.82, 2.24) is 0 Å². The minimum atomic E-state index is -0.372. The Labute approximate surface area is 74.2 Å². The van der Waals surface area contributed by atoms with Crippen LogP contribution in [0.1, 0.15) is 0 Å². The molecule has 0 radical (unpaired) electrons. The Morgan fingerprint density at radius 3 is 2.75 bits per heavy atom. The van der Waals surface area contributed by atoms with Crippen molar-refractivity contribution < 1.29 is 0 Å². The van der Waals surface area contributed by atoms with Crippen LogP contribution in [0.3, 0.4) is 0 Å². The molecule has 0 fully saturated rings. The Hall–Kier alpha value is -1.53. The van der Waals surface area contributed by atoms with Gasteiger partial charge in [0.25, 0.3) is 0 Å². The van der Waals surface area contributed by atoms with Gasteiger partial charge in [0, 0.05) is 0 Å². The summed E-state index contributed by atoms with van der Waals surface area (Å²) in [6, 6.07) is 6.24. The molecule has 60 valence electrons. The first kappa shape index (κ1) is 8.57. The maximum atomic E-state index is 11.2. The SMILES string of the molecule is N#CNc1ccccc(Cl)c1=O. The van der Waals surface area contributed by atoms with Gasteiger partial charge in [0.2, 0.25) is 5.43 Å². The van der Waals surface area contributed by atoms with Gasteiger partial charge in [-0.3, -0.25) is 10.1 Å². The van der Waals surface area contributed by atoms with Crippen LogP contribution in [0.2, 0.25) is 5.02 Å². The number of nitrogens with zero attached hydrogens (tertiary/aromatic N) is 1. The first-order valence-electron chi connectivity index (χ1n) is 3.19. The number of rotatable bonds is 1. The Morgan fingerprint density at radius 1 is 1.42 bits per heavy atom. The second kappa shape index (κ2) is 3.74. The molecule has 0 amide bonds.